The molecule has 0 spiro atoms. The van der Waals surface area contributed by atoms with Crippen molar-refractivity contribution in [3.8, 4) is 0 Å². The van der Waals surface area contributed by atoms with Crippen LogP contribution in [0.1, 0.15) is 37.7 Å². The normalized spacial score (nSPS) is 19.6. The van der Waals surface area contributed by atoms with E-state index in [0.29, 0.717) is 6.61 Å². The van der Waals surface area contributed by atoms with E-state index in [1.165, 1.54) is 24.8 Å². The number of aliphatic hydroxyl groups is 1. The van der Waals surface area contributed by atoms with Gasteiger partial charge in [-0.15, -0.1) is 0 Å². The van der Waals surface area contributed by atoms with E-state index in [9.17, 15) is 5.11 Å². The van der Waals surface area contributed by atoms with Crippen molar-refractivity contribution in [3.63, 3.8) is 0 Å². The van der Waals surface area contributed by atoms with E-state index in [1.807, 2.05) is 6.20 Å². The topological polar surface area (TPSA) is 33.1 Å². The number of hydrogen-bond donors (Lipinski definition) is 1. The van der Waals surface area contributed by atoms with Gasteiger partial charge in [0.05, 0.1) is 0 Å². The van der Waals surface area contributed by atoms with Gasteiger partial charge in [-0.05, 0) is 52.2 Å². The number of pyridine rings is 1. The summed E-state index contributed by atoms with van der Waals surface area (Å²) in [6, 6.07) is 2.11. The van der Waals surface area contributed by atoms with Gasteiger partial charge >= 0.3 is 0 Å². The molecule has 1 aromatic rings. The van der Waals surface area contributed by atoms with Gasteiger partial charge in [0.2, 0.25) is 0 Å². The second-order valence-electron chi connectivity index (χ2n) is 4.91. The van der Waals surface area contributed by atoms with Crippen LogP contribution in [0.25, 0.3) is 0 Å². The van der Waals surface area contributed by atoms with Gasteiger partial charge in [0.1, 0.15) is 0 Å². The van der Waals surface area contributed by atoms with Crippen molar-refractivity contribution in [2.24, 2.45) is 5.41 Å². The minimum atomic E-state index is 0.112. The molecule has 1 saturated carbocycles. The lowest BCUT2D eigenvalue weighted by Gasteiger charge is -2.35. The van der Waals surface area contributed by atoms with Gasteiger partial charge in [0, 0.05) is 23.5 Å². The van der Waals surface area contributed by atoms with Gasteiger partial charge < -0.3 is 5.11 Å². The summed E-state index contributed by atoms with van der Waals surface area (Å²) in [4.78, 5) is 4.19. The summed E-state index contributed by atoms with van der Waals surface area (Å²) >= 11 is 3.44. The monoisotopic (exact) mass is 283 g/mol. The Morgan fingerprint density at radius 1 is 1.25 bits per heavy atom. The number of aromatic nitrogens is 1. The van der Waals surface area contributed by atoms with Gasteiger partial charge in [0.25, 0.3) is 0 Å². The summed E-state index contributed by atoms with van der Waals surface area (Å²) in [6.45, 7) is 0.305. The first-order chi connectivity index (χ1) is 7.74. The third-order valence-electron chi connectivity index (χ3n) is 3.59. The second-order valence-corrected chi connectivity index (χ2v) is 5.82. The van der Waals surface area contributed by atoms with Gasteiger partial charge in [-0.2, -0.15) is 0 Å². The highest BCUT2D eigenvalue weighted by Crippen LogP contribution is 2.38. The van der Waals surface area contributed by atoms with Crippen LogP contribution in [0, 0.1) is 5.41 Å². The minimum absolute atomic E-state index is 0.112. The molecule has 88 valence electrons. The molecule has 0 aromatic carbocycles. The summed E-state index contributed by atoms with van der Waals surface area (Å²) in [6.07, 6.45) is 10.8. The van der Waals surface area contributed by atoms with Crippen LogP contribution in [0.3, 0.4) is 0 Å². The zero-order valence-corrected chi connectivity index (χ0v) is 11.0. The van der Waals surface area contributed by atoms with Crippen molar-refractivity contribution in [1.82, 2.24) is 4.98 Å². The van der Waals surface area contributed by atoms with Crippen LogP contribution in [0.15, 0.2) is 22.9 Å². The smallest absolute Gasteiger partial charge is 0.0490 e. The maximum Gasteiger partial charge on any atom is 0.0490 e. The molecule has 1 N–H and O–H groups in total. The molecule has 16 heavy (non-hydrogen) atoms. The maximum atomic E-state index is 9.64. The molecule has 0 unspecified atom stereocenters. The molecule has 0 amide bonds. The van der Waals surface area contributed by atoms with Crippen molar-refractivity contribution in [2.75, 3.05) is 6.61 Å². The summed E-state index contributed by atoms with van der Waals surface area (Å²) in [7, 11) is 0. The molecular weight excluding hydrogens is 266 g/mol. The minimum Gasteiger partial charge on any atom is -0.396 e. The average molecular weight is 284 g/mol. The lowest BCUT2D eigenvalue weighted by Crippen LogP contribution is -2.30. The van der Waals surface area contributed by atoms with E-state index in [-0.39, 0.29) is 5.41 Å². The maximum absolute atomic E-state index is 9.64. The average Bonchev–Trinajstić information content (AvgIpc) is 2.30. The fourth-order valence-corrected chi connectivity index (χ4v) is 3.09. The number of rotatable bonds is 3. The number of nitrogens with zero attached hydrogens (tertiary/aromatic N) is 1. The van der Waals surface area contributed by atoms with E-state index < -0.39 is 0 Å². The highest BCUT2D eigenvalue weighted by Gasteiger charge is 2.31. The van der Waals surface area contributed by atoms with E-state index in [2.05, 4.69) is 27.0 Å². The molecule has 1 aromatic heterocycles. The molecule has 2 rings (SSSR count). The Balaban J connectivity index is 2.11. The highest BCUT2D eigenvalue weighted by molar-refractivity contribution is 9.10. The second kappa shape index (κ2) is 5.28. The summed E-state index contributed by atoms with van der Waals surface area (Å²) < 4.78 is 1.02. The van der Waals surface area contributed by atoms with Crippen molar-refractivity contribution in [3.05, 3.63) is 28.5 Å². The molecule has 0 bridgehead atoms. The fraction of sp³-hybridized carbons (Fsp3) is 0.615. The van der Waals surface area contributed by atoms with Crippen molar-refractivity contribution in [2.45, 2.75) is 38.5 Å². The van der Waals surface area contributed by atoms with Crippen LogP contribution in [0.4, 0.5) is 0 Å². The SMILES string of the molecule is OCC1(Cc2cncc(Br)c2)CCCCC1. The predicted octanol–water partition coefficient (Wildman–Crippen LogP) is 3.33. The number of aliphatic hydroxyl groups excluding tert-OH is 1. The molecule has 1 fully saturated rings. The Morgan fingerprint density at radius 2 is 2.00 bits per heavy atom. The molecule has 1 aliphatic carbocycles. The van der Waals surface area contributed by atoms with E-state index >= 15 is 0 Å². The summed E-state index contributed by atoms with van der Waals surface area (Å²) in [5.74, 6) is 0. The Morgan fingerprint density at radius 3 is 2.62 bits per heavy atom. The Bertz CT molecular complexity index is 348. The zero-order valence-electron chi connectivity index (χ0n) is 9.45. The standard InChI is InChI=1S/C13H18BrNO/c14-12-6-11(8-15-9-12)7-13(10-16)4-2-1-3-5-13/h6,8-9,16H,1-5,7,10H2. The summed E-state index contributed by atoms with van der Waals surface area (Å²) in [5, 5.41) is 9.64. The molecular formula is C13H18BrNO. The first-order valence-corrected chi connectivity index (χ1v) is 6.74. The molecule has 1 heterocycles. The predicted molar refractivity (Wildman–Crippen MR) is 68.2 cm³/mol. The van der Waals surface area contributed by atoms with Gasteiger partial charge in [-0.3, -0.25) is 4.98 Å². The van der Waals surface area contributed by atoms with Crippen LogP contribution >= 0.6 is 15.9 Å². The van der Waals surface area contributed by atoms with Crippen molar-refractivity contribution in [1.29, 1.82) is 0 Å². The highest BCUT2D eigenvalue weighted by atomic mass is 79.9. The lowest BCUT2D eigenvalue weighted by molar-refractivity contribution is 0.0823. The van der Waals surface area contributed by atoms with Crippen LogP contribution in [0.5, 0.6) is 0 Å². The van der Waals surface area contributed by atoms with Crippen LogP contribution in [0.2, 0.25) is 0 Å². The Kier molecular flexibility index (Phi) is 3.98. The van der Waals surface area contributed by atoms with Crippen LogP contribution in [-0.2, 0) is 6.42 Å². The number of halogens is 1. The summed E-state index contributed by atoms with van der Waals surface area (Å²) in [5.41, 5.74) is 1.34. The van der Waals surface area contributed by atoms with E-state index in [4.69, 9.17) is 0 Å². The molecule has 3 heteroatoms. The van der Waals surface area contributed by atoms with E-state index in [0.717, 1.165) is 23.7 Å². The zero-order chi connectivity index (χ0) is 11.4. The largest absolute Gasteiger partial charge is 0.396 e. The molecule has 2 nitrogen and oxygen atoms in total. The Labute approximate surface area is 105 Å². The molecule has 0 atom stereocenters. The third kappa shape index (κ3) is 2.83. The Hall–Kier alpha value is -0.410. The quantitative estimate of drug-likeness (QED) is 0.923. The third-order valence-corrected chi connectivity index (χ3v) is 4.02. The molecule has 0 saturated heterocycles. The fourth-order valence-electron chi connectivity index (χ4n) is 2.68. The molecule has 0 aliphatic heterocycles. The van der Waals surface area contributed by atoms with E-state index in [1.54, 1.807) is 6.20 Å². The number of hydrogen-bond acceptors (Lipinski definition) is 2. The molecule has 0 radical (unpaired) electrons. The lowest BCUT2D eigenvalue weighted by atomic mass is 9.71. The molecule has 1 aliphatic rings. The van der Waals surface area contributed by atoms with Crippen LogP contribution in [-0.4, -0.2) is 16.7 Å². The van der Waals surface area contributed by atoms with Gasteiger partial charge in [0.15, 0.2) is 0 Å². The first kappa shape index (κ1) is 12.1. The van der Waals surface area contributed by atoms with Gasteiger partial charge in [-0.1, -0.05) is 19.3 Å². The van der Waals surface area contributed by atoms with Crippen molar-refractivity contribution < 1.29 is 5.11 Å². The first-order valence-electron chi connectivity index (χ1n) is 5.94. The van der Waals surface area contributed by atoms with Crippen molar-refractivity contribution >= 4 is 15.9 Å². The van der Waals surface area contributed by atoms with Gasteiger partial charge in [-0.25, -0.2) is 0 Å². The van der Waals surface area contributed by atoms with Crippen LogP contribution < -0.4 is 0 Å².